The molecule has 3 rings (SSSR count). The molecule has 30 heavy (non-hydrogen) atoms. The molecule has 6 nitrogen and oxygen atoms in total. The van der Waals surface area contributed by atoms with E-state index in [0.717, 1.165) is 28.6 Å². The molecular weight excluding hydrogens is 450 g/mol. The van der Waals surface area contributed by atoms with Gasteiger partial charge in [0.05, 0.1) is 25.9 Å². The zero-order valence-electron chi connectivity index (χ0n) is 18.1. The number of carbonyl (C=O) groups excluding carboxylic acids is 2. The quantitative estimate of drug-likeness (QED) is 0.594. The summed E-state index contributed by atoms with van der Waals surface area (Å²) in [6.07, 6.45) is 2.53. The van der Waals surface area contributed by atoms with Crippen LogP contribution in [-0.4, -0.2) is 32.1 Å². The molecule has 2 atom stereocenters. The van der Waals surface area contributed by atoms with Gasteiger partial charge in [0, 0.05) is 33.8 Å². The Balaban J connectivity index is 2.21. The Morgan fingerprint density at radius 1 is 1.23 bits per heavy atom. The van der Waals surface area contributed by atoms with E-state index in [-0.39, 0.29) is 11.9 Å². The van der Waals surface area contributed by atoms with Gasteiger partial charge >= 0.3 is 5.97 Å². The molecule has 0 bridgehead atoms. The predicted octanol–water partition coefficient (Wildman–Crippen LogP) is 4.78. The number of halogens is 1. The number of allylic oxidation sites excluding steroid dienone is 3. The lowest BCUT2D eigenvalue weighted by molar-refractivity contribution is -0.144. The van der Waals surface area contributed by atoms with Gasteiger partial charge in [-0.05, 0) is 50.8 Å². The molecule has 0 radical (unpaired) electrons. The van der Waals surface area contributed by atoms with E-state index in [1.165, 1.54) is 0 Å². The van der Waals surface area contributed by atoms with Crippen LogP contribution in [-0.2, 0) is 14.3 Å². The number of ketones is 1. The fourth-order valence-electron chi connectivity index (χ4n) is 3.99. The van der Waals surface area contributed by atoms with Gasteiger partial charge in [-0.2, -0.15) is 0 Å². The third-order valence-corrected chi connectivity index (χ3v) is 6.38. The van der Waals surface area contributed by atoms with Gasteiger partial charge in [-0.1, -0.05) is 22.9 Å². The number of carbonyl (C=O) groups is 2. The van der Waals surface area contributed by atoms with Crippen molar-refractivity contribution in [3.05, 3.63) is 44.7 Å². The first-order valence-electron chi connectivity index (χ1n) is 10.2. The van der Waals surface area contributed by atoms with Crippen LogP contribution in [0.3, 0.4) is 0 Å². The van der Waals surface area contributed by atoms with Gasteiger partial charge in [0.1, 0.15) is 0 Å². The first kappa shape index (κ1) is 22.4. The van der Waals surface area contributed by atoms with Crippen molar-refractivity contribution in [2.45, 2.75) is 58.5 Å². The number of nitrogens with one attached hydrogen (secondary N) is 1. The molecule has 0 amide bonds. The number of ether oxygens (including phenoxy) is 3. The van der Waals surface area contributed by atoms with Gasteiger partial charge in [-0.25, -0.2) is 4.79 Å². The van der Waals surface area contributed by atoms with E-state index in [9.17, 15) is 9.59 Å². The largest absolute Gasteiger partial charge is 0.493 e. The number of dihydropyridines is 1. The Labute approximate surface area is 185 Å². The summed E-state index contributed by atoms with van der Waals surface area (Å²) >= 11 is 3.62. The minimum absolute atomic E-state index is 0.0526. The number of benzene rings is 1. The average molecular weight is 478 g/mol. The van der Waals surface area contributed by atoms with Crippen molar-refractivity contribution in [1.82, 2.24) is 5.32 Å². The Kier molecular flexibility index (Phi) is 6.91. The topological polar surface area (TPSA) is 73.9 Å². The molecule has 1 heterocycles. The fourth-order valence-corrected chi connectivity index (χ4v) is 4.54. The van der Waals surface area contributed by atoms with Crippen molar-refractivity contribution in [2.75, 3.05) is 14.2 Å². The highest BCUT2D eigenvalue weighted by Crippen LogP contribution is 2.47. The Morgan fingerprint density at radius 3 is 2.53 bits per heavy atom. The lowest BCUT2D eigenvalue weighted by atomic mass is 9.75. The van der Waals surface area contributed by atoms with Crippen molar-refractivity contribution in [2.24, 2.45) is 0 Å². The molecule has 7 heteroatoms. The lowest BCUT2D eigenvalue weighted by Crippen LogP contribution is -2.35. The van der Waals surface area contributed by atoms with Crippen molar-refractivity contribution in [1.29, 1.82) is 0 Å². The number of hydrogen-bond donors (Lipinski definition) is 1. The highest BCUT2D eigenvalue weighted by atomic mass is 79.9. The maximum Gasteiger partial charge on any atom is 0.337 e. The summed E-state index contributed by atoms with van der Waals surface area (Å²) in [4.78, 5) is 26.2. The minimum Gasteiger partial charge on any atom is -0.493 e. The zero-order chi connectivity index (χ0) is 22.0. The third-order valence-electron chi connectivity index (χ3n) is 5.69. The Hall–Kier alpha value is -2.28. The lowest BCUT2D eigenvalue weighted by Gasteiger charge is -2.35. The minimum atomic E-state index is -0.542. The van der Waals surface area contributed by atoms with Crippen molar-refractivity contribution in [3.8, 4) is 11.5 Å². The summed E-state index contributed by atoms with van der Waals surface area (Å²) in [5.74, 6) is 0.199. The van der Waals surface area contributed by atoms with Crippen LogP contribution in [0.2, 0.25) is 0 Å². The normalized spacial score (nSPS) is 19.8. The van der Waals surface area contributed by atoms with Crippen molar-refractivity contribution < 1.29 is 23.8 Å². The van der Waals surface area contributed by atoms with E-state index in [1.807, 2.05) is 26.8 Å². The molecule has 2 aliphatic rings. The van der Waals surface area contributed by atoms with Crippen LogP contribution < -0.4 is 14.8 Å². The maximum atomic E-state index is 13.2. The molecule has 0 spiro atoms. The highest BCUT2D eigenvalue weighted by Gasteiger charge is 2.40. The zero-order valence-corrected chi connectivity index (χ0v) is 19.6. The van der Waals surface area contributed by atoms with Crippen LogP contribution in [0.4, 0.5) is 0 Å². The van der Waals surface area contributed by atoms with Crippen molar-refractivity contribution >= 4 is 27.7 Å². The van der Waals surface area contributed by atoms with Gasteiger partial charge in [0.25, 0.3) is 0 Å². The SMILES string of the molecule is CC[C@H](C)OC(=O)C1=C(C)NC2=C(C(=O)CCC2)[C@@H]1c1cc(OC)c(OC)cc1Br. The average Bonchev–Trinajstić information content (AvgIpc) is 2.72. The van der Waals surface area contributed by atoms with E-state index in [4.69, 9.17) is 14.2 Å². The molecule has 1 aliphatic heterocycles. The van der Waals surface area contributed by atoms with Gasteiger partial charge in [0.15, 0.2) is 17.3 Å². The van der Waals surface area contributed by atoms with E-state index in [2.05, 4.69) is 21.2 Å². The highest BCUT2D eigenvalue weighted by molar-refractivity contribution is 9.10. The number of Topliss-reactive ketones (excluding diaryl/α,β-unsaturated/α-hetero) is 1. The first-order valence-corrected chi connectivity index (χ1v) is 11.0. The standard InChI is InChI=1S/C23H28BrNO5/c1-6-12(2)30-23(27)20-13(3)25-16-8-7-9-17(26)22(16)21(20)14-10-18(28-4)19(29-5)11-15(14)24/h10-12,21,25H,6-9H2,1-5H3/t12-,21+/m0/s1. The number of hydrogen-bond acceptors (Lipinski definition) is 6. The van der Waals surface area contributed by atoms with E-state index < -0.39 is 11.9 Å². The number of rotatable bonds is 6. The van der Waals surface area contributed by atoms with Crippen LogP contribution in [0, 0.1) is 0 Å². The van der Waals surface area contributed by atoms with Gasteiger partial charge in [0.2, 0.25) is 0 Å². The van der Waals surface area contributed by atoms with Gasteiger partial charge in [-0.3, -0.25) is 4.79 Å². The smallest absolute Gasteiger partial charge is 0.337 e. The molecule has 1 aromatic rings. The van der Waals surface area contributed by atoms with E-state index in [0.29, 0.717) is 41.2 Å². The molecule has 0 saturated carbocycles. The maximum absolute atomic E-state index is 13.2. The van der Waals surface area contributed by atoms with E-state index in [1.54, 1.807) is 20.3 Å². The first-order chi connectivity index (χ1) is 14.3. The monoisotopic (exact) mass is 477 g/mol. The van der Waals surface area contributed by atoms with E-state index >= 15 is 0 Å². The Bertz CT molecular complexity index is 934. The van der Waals surface area contributed by atoms with Gasteiger partial charge < -0.3 is 19.5 Å². The second-order valence-electron chi connectivity index (χ2n) is 7.62. The van der Waals surface area contributed by atoms with Crippen LogP contribution in [0.15, 0.2) is 39.1 Å². The molecule has 1 aromatic carbocycles. The summed E-state index contributed by atoms with van der Waals surface area (Å²) in [5.41, 5.74) is 3.46. The summed E-state index contributed by atoms with van der Waals surface area (Å²) < 4.78 is 17.3. The summed E-state index contributed by atoms with van der Waals surface area (Å²) in [7, 11) is 3.13. The summed E-state index contributed by atoms with van der Waals surface area (Å²) in [6.45, 7) is 5.69. The molecule has 162 valence electrons. The molecule has 0 aromatic heterocycles. The molecule has 1 aliphatic carbocycles. The second-order valence-corrected chi connectivity index (χ2v) is 8.47. The molecule has 0 unspecified atom stereocenters. The summed E-state index contributed by atoms with van der Waals surface area (Å²) in [6, 6.07) is 3.63. The van der Waals surface area contributed by atoms with Crippen LogP contribution in [0.5, 0.6) is 11.5 Å². The third kappa shape index (κ3) is 4.13. The van der Waals surface area contributed by atoms with Crippen LogP contribution in [0.25, 0.3) is 0 Å². The summed E-state index contributed by atoms with van der Waals surface area (Å²) in [5, 5.41) is 3.31. The second kappa shape index (κ2) is 9.25. The van der Waals surface area contributed by atoms with Crippen molar-refractivity contribution in [3.63, 3.8) is 0 Å². The molecule has 1 N–H and O–H groups in total. The van der Waals surface area contributed by atoms with Gasteiger partial charge in [-0.15, -0.1) is 0 Å². The van der Waals surface area contributed by atoms with Crippen LogP contribution in [0.1, 0.15) is 57.9 Å². The fraction of sp³-hybridized carbons (Fsp3) is 0.478. The molecule has 0 saturated heterocycles. The number of esters is 1. The Morgan fingerprint density at radius 2 is 1.90 bits per heavy atom. The molecule has 0 fully saturated rings. The predicted molar refractivity (Wildman–Crippen MR) is 118 cm³/mol. The van der Waals surface area contributed by atoms with Crippen LogP contribution >= 0.6 is 15.9 Å². The molecular formula is C23H28BrNO5. The number of methoxy groups -OCH3 is 2.